The molecule has 1 saturated carbocycles. The highest BCUT2D eigenvalue weighted by Gasteiger charge is 2.76. The third-order valence-corrected chi connectivity index (χ3v) is 11.3. The molecule has 0 aromatic carbocycles. The van der Waals surface area contributed by atoms with Gasteiger partial charge in [0.15, 0.2) is 0 Å². The summed E-state index contributed by atoms with van der Waals surface area (Å²) >= 11 is 5.44. The van der Waals surface area contributed by atoms with E-state index >= 15 is 0 Å². The molecule has 7 nitrogen and oxygen atoms in total. The lowest BCUT2D eigenvalue weighted by molar-refractivity contribution is -0.145. The van der Waals surface area contributed by atoms with Gasteiger partial charge in [-0.1, -0.05) is 47.3 Å². The summed E-state index contributed by atoms with van der Waals surface area (Å²) in [7, 11) is 1.74. The number of likely N-dealkylation sites (tertiary alicyclic amines) is 1. The van der Waals surface area contributed by atoms with Gasteiger partial charge in [0, 0.05) is 42.8 Å². The highest BCUT2D eigenvalue weighted by Crippen LogP contribution is 2.68. The first-order valence-corrected chi connectivity index (χ1v) is 14.1. The third-order valence-electron chi connectivity index (χ3n) is 8.05. The summed E-state index contributed by atoms with van der Waals surface area (Å²) in [4.78, 5) is 46.8. The largest absolute Gasteiger partial charge is 0.395 e. The molecule has 4 aliphatic rings. The SMILES string of the molecule is C=CCN(C)C(=O)[C@H]1[C@H]2C(=O)N(CCO)C(C(=O)N(CC=C)C3CCCCC3)C23CC(Br)[C@@H]1S3. The summed E-state index contributed by atoms with van der Waals surface area (Å²) in [6.45, 7) is 8.35. The summed E-state index contributed by atoms with van der Waals surface area (Å²) in [5.74, 6) is -1.37. The summed E-state index contributed by atoms with van der Waals surface area (Å²) in [5, 5.41) is 9.75. The van der Waals surface area contributed by atoms with Crippen molar-refractivity contribution in [1.29, 1.82) is 0 Å². The molecule has 1 N–H and O–H groups in total. The summed E-state index contributed by atoms with van der Waals surface area (Å²) in [6, 6.07) is -0.545. The first-order chi connectivity index (χ1) is 16.3. The number of amides is 3. The zero-order valence-corrected chi connectivity index (χ0v) is 22.3. The summed E-state index contributed by atoms with van der Waals surface area (Å²) in [5.41, 5.74) is 0. The fourth-order valence-electron chi connectivity index (χ4n) is 6.69. The molecular formula is C25H36BrN3O4S. The Labute approximate surface area is 215 Å². The lowest BCUT2D eigenvalue weighted by atomic mass is 9.70. The maximum atomic E-state index is 14.3. The van der Waals surface area contributed by atoms with Crippen molar-refractivity contribution in [1.82, 2.24) is 14.7 Å². The number of alkyl halides is 1. The van der Waals surface area contributed by atoms with Crippen LogP contribution in [0.15, 0.2) is 25.3 Å². The van der Waals surface area contributed by atoms with Crippen LogP contribution in [0.3, 0.4) is 0 Å². The molecular weight excluding hydrogens is 518 g/mol. The maximum Gasteiger partial charge on any atom is 0.247 e. The molecule has 4 rings (SSSR count). The first-order valence-electron chi connectivity index (χ1n) is 12.3. The molecule has 0 radical (unpaired) electrons. The molecule has 6 atom stereocenters. The van der Waals surface area contributed by atoms with E-state index in [0.717, 1.165) is 25.7 Å². The number of β-amino-alcohol motifs (C(OH)–C–C–N with tert-alkyl or cyclic N) is 1. The number of halogens is 1. The van der Waals surface area contributed by atoms with Crippen LogP contribution in [0.2, 0.25) is 0 Å². The minimum Gasteiger partial charge on any atom is -0.395 e. The molecule has 3 amide bonds. The van der Waals surface area contributed by atoms with Gasteiger partial charge in [-0.25, -0.2) is 0 Å². The molecule has 9 heteroatoms. The predicted molar refractivity (Wildman–Crippen MR) is 138 cm³/mol. The Hall–Kier alpha value is -1.32. The standard InChI is InChI=1S/C25H36BrN3O4S/c1-4-11-27(3)22(31)18-19-23(32)29(13-14-30)21(25(19)15-17(26)20(18)34-25)24(33)28(12-5-2)16-9-7-6-8-10-16/h4-5,16-21,30H,1-2,6-15H2,3H3/t17?,18-,19-,20-,21?,25?/m0/s1. The lowest BCUT2D eigenvalue weighted by Crippen LogP contribution is -2.58. The van der Waals surface area contributed by atoms with Gasteiger partial charge in [-0.2, -0.15) is 0 Å². The van der Waals surface area contributed by atoms with Crippen LogP contribution in [0.1, 0.15) is 38.5 Å². The Morgan fingerprint density at radius 1 is 1.21 bits per heavy atom. The molecule has 2 bridgehead atoms. The minimum absolute atomic E-state index is 0.0412. The number of rotatable bonds is 9. The maximum absolute atomic E-state index is 14.3. The Balaban J connectivity index is 1.73. The van der Waals surface area contributed by atoms with E-state index in [4.69, 9.17) is 0 Å². The van der Waals surface area contributed by atoms with Crippen LogP contribution in [-0.2, 0) is 14.4 Å². The lowest BCUT2D eigenvalue weighted by Gasteiger charge is -2.41. The number of thioether (sulfide) groups is 1. The van der Waals surface area contributed by atoms with E-state index in [9.17, 15) is 19.5 Å². The molecule has 1 aliphatic carbocycles. The van der Waals surface area contributed by atoms with Crippen molar-refractivity contribution in [3.05, 3.63) is 25.3 Å². The van der Waals surface area contributed by atoms with E-state index in [0.29, 0.717) is 19.5 Å². The molecule has 188 valence electrons. The van der Waals surface area contributed by atoms with Crippen molar-refractivity contribution >= 4 is 45.4 Å². The number of aliphatic hydroxyl groups excluding tert-OH is 1. The third kappa shape index (κ3) is 4.05. The molecule has 1 spiro atoms. The van der Waals surface area contributed by atoms with Crippen molar-refractivity contribution in [2.45, 2.75) is 65.4 Å². The number of fused-ring (bicyclic) bond motifs is 1. The van der Waals surface area contributed by atoms with Gasteiger partial charge < -0.3 is 19.8 Å². The van der Waals surface area contributed by atoms with Crippen molar-refractivity contribution in [3.63, 3.8) is 0 Å². The zero-order valence-electron chi connectivity index (χ0n) is 19.9. The fourth-order valence-corrected chi connectivity index (χ4v) is 10.3. The van der Waals surface area contributed by atoms with Crippen LogP contribution in [-0.4, -0.2) is 97.7 Å². The minimum atomic E-state index is -0.684. The number of carbonyl (C=O) groups excluding carboxylic acids is 3. The van der Waals surface area contributed by atoms with Gasteiger partial charge in [0.05, 0.1) is 23.2 Å². The van der Waals surface area contributed by atoms with Gasteiger partial charge >= 0.3 is 0 Å². The Morgan fingerprint density at radius 2 is 1.88 bits per heavy atom. The van der Waals surface area contributed by atoms with Crippen molar-refractivity contribution < 1.29 is 19.5 Å². The topological polar surface area (TPSA) is 81.2 Å². The Bertz CT molecular complexity index is 850. The van der Waals surface area contributed by atoms with Gasteiger partial charge in [-0.05, 0) is 19.3 Å². The number of likely N-dealkylation sites (N-methyl/N-ethyl adjacent to an activating group) is 1. The smallest absolute Gasteiger partial charge is 0.247 e. The predicted octanol–water partition coefficient (Wildman–Crippen LogP) is 2.44. The van der Waals surface area contributed by atoms with Crippen molar-refractivity contribution in [2.75, 3.05) is 33.3 Å². The molecule has 4 fully saturated rings. The monoisotopic (exact) mass is 553 g/mol. The highest BCUT2D eigenvalue weighted by atomic mass is 79.9. The van der Waals surface area contributed by atoms with Crippen molar-refractivity contribution in [3.8, 4) is 0 Å². The molecule has 0 aromatic rings. The van der Waals surface area contributed by atoms with E-state index in [2.05, 4.69) is 29.1 Å². The quantitative estimate of drug-likeness (QED) is 0.350. The highest BCUT2D eigenvalue weighted by molar-refractivity contribution is 9.09. The van der Waals surface area contributed by atoms with E-state index < -0.39 is 22.6 Å². The van der Waals surface area contributed by atoms with Crippen LogP contribution in [0.5, 0.6) is 0 Å². The van der Waals surface area contributed by atoms with Gasteiger partial charge in [0.25, 0.3) is 0 Å². The van der Waals surface area contributed by atoms with Crippen LogP contribution < -0.4 is 0 Å². The van der Waals surface area contributed by atoms with Crippen LogP contribution in [0.4, 0.5) is 0 Å². The molecule has 3 aliphatic heterocycles. The normalized spacial score (nSPS) is 34.7. The number of nitrogens with zero attached hydrogens (tertiary/aromatic N) is 3. The van der Waals surface area contributed by atoms with Gasteiger partial charge in [0.2, 0.25) is 17.7 Å². The molecule has 3 heterocycles. The van der Waals surface area contributed by atoms with Crippen LogP contribution in [0.25, 0.3) is 0 Å². The Kier molecular flexibility index (Phi) is 7.84. The van der Waals surface area contributed by atoms with E-state index in [1.165, 1.54) is 6.42 Å². The molecule has 34 heavy (non-hydrogen) atoms. The van der Waals surface area contributed by atoms with Crippen LogP contribution in [0, 0.1) is 11.8 Å². The van der Waals surface area contributed by atoms with Gasteiger partial charge in [0.1, 0.15) is 6.04 Å². The van der Waals surface area contributed by atoms with Crippen LogP contribution >= 0.6 is 27.7 Å². The number of aliphatic hydroxyl groups is 1. The van der Waals surface area contributed by atoms with E-state index in [-0.39, 0.29) is 47.0 Å². The summed E-state index contributed by atoms with van der Waals surface area (Å²) < 4.78 is -0.675. The second-order valence-corrected chi connectivity index (χ2v) is 12.7. The zero-order chi connectivity index (χ0) is 24.6. The number of hydrogen-bond donors (Lipinski definition) is 1. The Morgan fingerprint density at radius 3 is 2.50 bits per heavy atom. The van der Waals surface area contributed by atoms with Crippen molar-refractivity contribution in [2.24, 2.45) is 11.8 Å². The average Bonchev–Trinajstić information content (AvgIpc) is 3.41. The molecule has 3 unspecified atom stereocenters. The van der Waals surface area contributed by atoms with Gasteiger partial charge in [-0.15, -0.1) is 24.9 Å². The van der Waals surface area contributed by atoms with Gasteiger partial charge in [-0.3, -0.25) is 14.4 Å². The van der Waals surface area contributed by atoms with E-state index in [1.54, 1.807) is 40.8 Å². The summed E-state index contributed by atoms with van der Waals surface area (Å²) in [6.07, 6.45) is 9.38. The fraction of sp³-hybridized carbons (Fsp3) is 0.720. The molecule has 0 aromatic heterocycles. The second kappa shape index (κ2) is 10.3. The second-order valence-electron chi connectivity index (χ2n) is 10.00. The number of carbonyl (C=O) groups is 3. The average molecular weight is 555 g/mol. The number of hydrogen-bond acceptors (Lipinski definition) is 5. The first kappa shape index (κ1) is 25.8. The van der Waals surface area contributed by atoms with E-state index in [1.807, 2.05) is 4.90 Å². The molecule has 3 saturated heterocycles.